The number of carbonyl (C=O) groups is 1. The van der Waals surface area contributed by atoms with E-state index in [1.54, 1.807) is 13.0 Å². The number of aliphatic carboxylic acids is 1. The molecule has 1 heterocycles. The van der Waals surface area contributed by atoms with Crippen molar-refractivity contribution in [3.63, 3.8) is 0 Å². The van der Waals surface area contributed by atoms with Gasteiger partial charge in [-0.1, -0.05) is 30.7 Å². The van der Waals surface area contributed by atoms with Gasteiger partial charge in [-0.25, -0.2) is 9.18 Å². The number of halogens is 4. The minimum absolute atomic E-state index is 0.227. The fraction of sp³-hybridized carbons (Fsp3) is 0.348. The van der Waals surface area contributed by atoms with Crippen LogP contribution in [0.5, 0.6) is 5.75 Å². The third-order valence-corrected chi connectivity index (χ3v) is 7.17. The monoisotopic (exact) mass is 514 g/mol. The molecule has 0 saturated carbocycles. The van der Waals surface area contributed by atoms with Crippen LogP contribution in [0.1, 0.15) is 42.8 Å². The van der Waals surface area contributed by atoms with Gasteiger partial charge in [-0.2, -0.15) is 13.2 Å². The van der Waals surface area contributed by atoms with Gasteiger partial charge in [0.05, 0.1) is 11.3 Å². The zero-order valence-corrected chi connectivity index (χ0v) is 20.2. The van der Waals surface area contributed by atoms with Crippen molar-refractivity contribution in [3.05, 3.63) is 58.3 Å². The minimum atomic E-state index is -4.76. The Hall–Kier alpha value is -2.66. The van der Waals surface area contributed by atoms with Crippen LogP contribution >= 0.6 is 23.1 Å². The molecule has 2 aromatic carbocycles. The van der Waals surface area contributed by atoms with Gasteiger partial charge in [0.1, 0.15) is 21.6 Å². The molecule has 1 atom stereocenters. The molecule has 1 N–H and O–H groups in total. The van der Waals surface area contributed by atoms with Gasteiger partial charge >= 0.3 is 12.1 Å². The minimum Gasteiger partial charge on any atom is -0.478 e. The average molecular weight is 515 g/mol. The highest BCUT2D eigenvalue weighted by Crippen LogP contribution is 2.35. The number of nitrogens with zero attached hydrogens (tertiary/aromatic N) is 2. The smallest absolute Gasteiger partial charge is 0.419 e. The number of aryl methyl sites for hydroxylation is 1. The average Bonchev–Trinajstić information content (AvgIpc) is 3.22. The predicted molar refractivity (Wildman–Crippen MR) is 123 cm³/mol. The summed E-state index contributed by atoms with van der Waals surface area (Å²) in [6.45, 7) is 5.27. The van der Waals surface area contributed by atoms with E-state index in [9.17, 15) is 27.5 Å². The summed E-state index contributed by atoms with van der Waals surface area (Å²) in [5, 5.41) is 18.5. The second-order valence-corrected chi connectivity index (χ2v) is 9.91. The SMILES string of the molecule is CCCC(C)(Oc1ccc(SCc2nnc(-c3ccc(C(F)(F)F)c(F)c3)s2)cc1C)C(=O)O. The van der Waals surface area contributed by atoms with Crippen LogP contribution in [0.4, 0.5) is 17.6 Å². The zero-order valence-electron chi connectivity index (χ0n) is 18.6. The third kappa shape index (κ3) is 6.06. The molecule has 0 aliphatic rings. The first-order valence-electron chi connectivity index (χ1n) is 10.3. The topological polar surface area (TPSA) is 72.3 Å². The Morgan fingerprint density at radius 3 is 2.50 bits per heavy atom. The van der Waals surface area contributed by atoms with Gasteiger partial charge in [0, 0.05) is 10.5 Å². The molecule has 5 nitrogen and oxygen atoms in total. The lowest BCUT2D eigenvalue weighted by Crippen LogP contribution is -2.41. The number of rotatable bonds is 9. The van der Waals surface area contributed by atoms with Crippen LogP contribution in [0.15, 0.2) is 41.3 Å². The normalized spacial score (nSPS) is 13.5. The molecule has 0 bridgehead atoms. The molecule has 1 aromatic heterocycles. The van der Waals surface area contributed by atoms with E-state index in [2.05, 4.69) is 10.2 Å². The number of thioether (sulfide) groups is 1. The van der Waals surface area contributed by atoms with Crippen LogP contribution in [0.2, 0.25) is 0 Å². The summed E-state index contributed by atoms with van der Waals surface area (Å²) in [5.74, 6) is -1.44. The number of benzene rings is 2. The maximum atomic E-state index is 13.9. The Balaban J connectivity index is 1.67. The number of carboxylic acid groups (broad SMARTS) is 1. The number of aromatic nitrogens is 2. The molecule has 0 aliphatic carbocycles. The molecule has 0 saturated heterocycles. The lowest BCUT2D eigenvalue weighted by atomic mass is 10.0. The number of alkyl halides is 3. The van der Waals surface area contributed by atoms with E-state index in [0.717, 1.165) is 16.5 Å². The summed E-state index contributed by atoms with van der Waals surface area (Å²) >= 11 is 2.63. The van der Waals surface area contributed by atoms with E-state index in [0.29, 0.717) is 40.4 Å². The molecule has 3 rings (SSSR count). The Labute approximate surface area is 202 Å². The first-order chi connectivity index (χ1) is 15.9. The van der Waals surface area contributed by atoms with Crippen LogP contribution in [0, 0.1) is 12.7 Å². The van der Waals surface area contributed by atoms with Gasteiger partial charge in [-0.15, -0.1) is 22.0 Å². The quantitative estimate of drug-likeness (QED) is 0.245. The van der Waals surface area contributed by atoms with E-state index in [4.69, 9.17) is 4.74 Å². The van der Waals surface area contributed by atoms with Gasteiger partial charge in [-0.3, -0.25) is 0 Å². The maximum Gasteiger partial charge on any atom is 0.419 e. The van der Waals surface area contributed by atoms with E-state index < -0.39 is 29.1 Å². The Morgan fingerprint density at radius 1 is 1.18 bits per heavy atom. The standard InChI is InChI=1S/C23H22F4N2O3S2/c1-4-9-22(3,21(30)31)32-18-8-6-15(10-13(18)2)33-12-19-28-29-20(34-19)14-5-7-16(17(24)11-14)23(25,26)27/h5-8,10-11H,4,9,12H2,1-3H3,(H,30,31). The van der Waals surface area contributed by atoms with Crippen LogP contribution < -0.4 is 4.74 Å². The number of hydrogen-bond donors (Lipinski definition) is 1. The molecule has 0 radical (unpaired) electrons. The first-order valence-corrected chi connectivity index (χ1v) is 12.1. The van der Waals surface area contributed by atoms with Crippen molar-refractivity contribution in [2.45, 2.75) is 56.0 Å². The zero-order chi connectivity index (χ0) is 25.1. The van der Waals surface area contributed by atoms with Crippen LogP contribution in [-0.2, 0) is 16.7 Å². The molecule has 0 fully saturated rings. The van der Waals surface area contributed by atoms with E-state index in [1.807, 2.05) is 26.0 Å². The van der Waals surface area contributed by atoms with Crippen molar-refractivity contribution in [1.29, 1.82) is 0 Å². The number of hydrogen-bond acceptors (Lipinski definition) is 6. The van der Waals surface area contributed by atoms with Gasteiger partial charge in [0.2, 0.25) is 5.60 Å². The number of ether oxygens (including phenoxy) is 1. The molecular weight excluding hydrogens is 492 g/mol. The maximum absolute atomic E-state index is 13.9. The first kappa shape index (κ1) is 26.0. The van der Waals surface area contributed by atoms with Crippen molar-refractivity contribution in [2.24, 2.45) is 0 Å². The van der Waals surface area contributed by atoms with Crippen molar-refractivity contribution in [3.8, 4) is 16.3 Å². The van der Waals surface area contributed by atoms with Gasteiger partial charge in [0.25, 0.3) is 0 Å². The van der Waals surface area contributed by atoms with Crippen LogP contribution in [0.25, 0.3) is 10.6 Å². The van der Waals surface area contributed by atoms with Crippen molar-refractivity contribution in [2.75, 3.05) is 0 Å². The molecule has 0 spiro atoms. The van der Waals surface area contributed by atoms with Crippen molar-refractivity contribution < 1.29 is 32.2 Å². The lowest BCUT2D eigenvalue weighted by Gasteiger charge is -2.27. The third-order valence-electron chi connectivity index (χ3n) is 5.01. The summed E-state index contributed by atoms with van der Waals surface area (Å²) < 4.78 is 57.9. The summed E-state index contributed by atoms with van der Waals surface area (Å²) in [7, 11) is 0. The summed E-state index contributed by atoms with van der Waals surface area (Å²) in [6, 6.07) is 8.10. The molecule has 11 heteroatoms. The highest BCUT2D eigenvalue weighted by atomic mass is 32.2. The van der Waals surface area contributed by atoms with Crippen molar-refractivity contribution in [1.82, 2.24) is 10.2 Å². The Bertz CT molecular complexity index is 1180. The molecular formula is C23H22F4N2O3S2. The highest BCUT2D eigenvalue weighted by Gasteiger charge is 2.35. The summed E-state index contributed by atoms with van der Waals surface area (Å²) in [6.07, 6.45) is -3.72. The van der Waals surface area contributed by atoms with Gasteiger partial charge in [0.15, 0.2) is 0 Å². The van der Waals surface area contributed by atoms with E-state index >= 15 is 0 Å². The molecule has 34 heavy (non-hydrogen) atoms. The molecule has 0 aliphatic heterocycles. The summed E-state index contributed by atoms with van der Waals surface area (Å²) in [5.41, 5.74) is -1.62. The second-order valence-electron chi connectivity index (χ2n) is 7.80. The molecule has 182 valence electrons. The van der Waals surface area contributed by atoms with Crippen molar-refractivity contribution >= 4 is 29.1 Å². The fourth-order valence-electron chi connectivity index (χ4n) is 3.20. The highest BCUT2D eigenvalue weighted by molar-refractivity contribution is 7.98. The molecule has 0 amide bonds. The van der Waals surface area contributed by atoms with Crippen LogP contribution in [0.3, 0.4) is 0 Å². The van der Waals surface area contributed by atoms with E-state index in [1.165, 1.54) is 29.2 Å². The Kier molecular flexibility index (Phi) is 7.87. The van der Waals surface area contributed by atoms with Crippen LogP contribution in [-0.4, -0.2) is 26.9 Å². The summed E-state index contributed by atoms with van der Waals surface area (Å²) in [4.78, 5) is 12.5. The molecule has 3 aromatic rings. The number of carboxylic acids is 1. The fourth-order valence-corrected chi connectivity index (χ4v) is 5.02. The Morgan fingerprint density at radius 2 is 1.91 bits per heavy atom. The molecule has 1 unspecified atom stereocenters. The van der Waals surface area contributed by atoms with Gasteiger partial charge in [-0.05, 0) is 56.2 Å². The predicted octanol–water partition coefficient (Wildman–Crippen LogP) is 6.99. The lowest BCUT2D eigenvalue weighted by molar-refractivity contribution is -0.154. The van der Waals surface area contributed by atoms with E-state index in [-0.39, 0.29) is 5.56 Å². The second kappa shape index (κ2) is 10.3. The largest absolute Gasteiger partial charge is 0.478 e. The van der Waals surface area contributed by atoms with Gasteiger partial charge < -0.3 is 9.84 Å².